The molecule has 0 unspecified atom stereocenters. The van der Waals surface area contributed by atoms with Gasteiger partial charge in [-0.3, -0.25) is 0 Å². The Balaban J connectivity index is 1.71. The van der Waals surface area contributed by atoms with Gasteiger partial charge in [0.25, 0.3) is 0 Å². The lowest BCUT2D eigenvalue weighted by Gasteiger charge is -2.22. The van der Waals surface area contributed by atoms with E-state index in [1.54, 1.807) is 0 Å². The molecule has 1 aliphatic heterocycles. The van der Waals surface area contributed by atoms with Crippen molar-refractivity contribution >= 4 is 10.8 Å². The Morgan fingerprint density at radius 2 is 1.71 bits per heavy atom. The van der Waals surface area contributed by atoms with Gasteiger partial charge in [-0.1, -0.05) is 42.5 Å². The van der Waals surface area contributed by atoms with Crippen LogP contribution in [0.2, 0.25) is 0 Å². The average Bonchev–Trinajstić information content (AvgIpc) is 2.93. The van der Waals surface area contributed by atoms with Gasteiger partial charge < -0.3 is 14.6 Å². The van der Waals surface area contributed by atoms with Crippen LogP contribution < -0.4 is 0 Å². The van der Waals surface area contributed by atoms with E-state index in [1.165, 1.54) is 16.3 Å². The molecule has 0 bridgehead atoms. The normalized spacial score (nSPS) is 34.2. The maximum atomic E-state index is 10.3. The highest BCUT2D eigenvalue weighted by Gasteiger charge is 2.53. The summed E-state index contributed by atoms with van der Waals surface area (Å²) in [6.07, 6.45) is -0.0232. The minimum atomic E-state index is -0.605. The lowest BCUT2D eigenvalue weighted by Crippen LogP contribution is -2.28. The predicted octanol–water partition coefficient (Wildman–Crippen LogP) is 3.21. The predicted molar refractivity (Wildman–Crippen MR) is 81.1 cm³/mol. The fourth-order valence-electron chi connectivity index (χ4n) is 3.72. The molecular formula is C18H20O3. The van der Waals surface area contributed by atoms with Gasteiger partial charge in [-0.25, -0.2) is 0 Å². The van der Waals surface area contributed by atoms with E-state index in [1.807, 2.05) is 19.9 Å². The van der Waals surface area contributed by atoms with Crippen LogP contribution in [0.25, 0.3) is 10.8 Å². The molecular weight excluding hydrogens is 264 g/mol. The maximum absolute atomic E-state index is 10.3. The second kappa shape index (κ2) is 4.54. The van der Waals surface area contributed by atoms with E-state index in [0.717, 1.165) is 0 Å². The molecule has 1 N–H and O–H groups in total. The van der Waals surface area contributed by atoms with E-state index in [4.69, 9.17) is 9.47 Å². The number of ether oxygens (including phenoxy) is 2. The summed E-state index contributed by atoms with van der Waals surface area (Å²) in [5, 5.41) is 12.7. The highest BCUT2D eigenvalue weighted by atomic mass is 16.8. The lowest BCUT2D eigenvalue weighted by atomic mass is 9.93. The number of benzene rings is 2. The summed E-state index contributed by atoms with van der Waals surface area (Å²) in [5.74, 6) is -0.414. The van der Waals surface area contributed by atoms with Crippen molar-refractivity contribution in [1.82, 2.24) is 0 Å². The van der Waals surface area contributed by atoms with Crippen molar-refractivity contribution in [3.8, 4) is 0 Å². The van der Waals surface area contributed by atoms with Gasteiger partial charge in [0.2, 0.25) is 0 Å². The maximum Gasteiger partial charge on any atom is 0.163 e. The SMILES string of the molecule is CC1(C)O[C@@H]2[C@H](O1)[C@@H](c1ccc3ccccc3c1)C[C@@H]2O. The van der Waals surface area contributed by atoms with Crippen LogP contribution in [-0.4, -0.2) is 29.2 Å². The third-order valence-electron chi connectivity index (χ3n) is 4.64. The zero-order valence-electron chi connectivity index (χ0n) is 12.3. The molecule has 2 fully saturated rings. The second-order valence-corrected chi connectivity index (χ2v) is 6.58. The van der Waals surface area contributed by atoms with Gasteiger partial charge in [0, 0.05) is 5.92 Å². The van der Waals surface area contributed by atoms with Crippen LogP contribution in [0.3, 0.4) is 0 Å². The van der Waals surface area contributed by atoms with E-state index >= 15 is 0 Å². The molecule has 2 aromatic rings. The van der Waals surface area contributed by atoms with Crippen molar-refractivity contribution < 1.29 is 14.6 Å². The zero-order chi connectivity index (χ0) is 14.6. The van der Waals surface area contributed by atoms with Gasteiger partial charge in [-0.05, 0) is 36.6 Å². The van der Waals surface area contributed by atoms with Crippen molar-refractivity contribution in [2.45, 2.75) is 50.3 Å². The van der Waals surface area contributed by atoms with Crippen molar-refractivity contribution in [2.75, 3.05) is 0 Å². The zero-order valence-corrected chi connectivity index (χ0v) is 12.3. The van der Waals surface area contributed by atoms with Gasteiger partial charge in [-0.2, -0.15) is 0 Å². The quantitative estimate of drug-likeness (QED) is 0.874. The van der Waals surface area contributed by atoms with Crippen molar-refractivity contribution in [3.05, 3.63) is 48.0 Å². The molecule has 1 saturated carbocycles. The highest BCUT2D eigenvalue weighted by molar-refractivity contribution is 5.83. The fourth-order valence-corrected chi connectivity index (χ4v) is 3.72. The molecule has 0 radical (unpaired) electrons. The van der Waals surface area contributed by atoms with Gasteiger partial charge in [0.05, 0.1) is 12.2 Å². The first-order valence-corrected chi connectivity index (χ1v) is 7.56. The number of aliphatic hydroxyl groups excluding tert-OH is 1. The standard InChI is InChI=1S/C18H20O3/c1-18(2)20-16-14(10-15(19)17(16)21-18)13-8-7-11-5-3-4-6-12(11)9-13/h3-9,14-17,19H,10H2,1-2H3/t14-,15+,16-,17+/m1/s1. The third kappa shape index (κ3) is 2.16. The van der Waals surface area contributed by atoms with E-state index in [2.05, 4.69) is 36.4 Å². The summed E-state index contributed by atoms with van der Waals surface area (Å²) in [4.78, 5) is 0. The first kappa shape index (κ1) is 13.3. The molecule has 110 valence electrons. The molecule has 1 heterocycles. The molecule has 0 spiro atoms. The molecule has 2 aliphatic rings. The summed E-state index contributed by atoms with van der Waals surface area (Å²) in [6, 6.07) is 14.8. The Bertz CT molecular complexity index is 679. The Morgan fingerprint density at radius 1 is 1.00 bits per heavy atom. The Kier molecular flexibility index (Phi) is 2.86. The van der Waals surface area contributed by atoms with Crippen LogP contribution in [-0.2, 0) is 9.47 Å². The molecule has 0 amide bonds. The Morgan fingerprint density at radius 3 is 2.52 bits per heavy atom. The molecule has 3 heteroatoms. The van der Waals surface area contributed by atoms with Crippen LogP contribution in [0.4, 0.5) is 0 Å². The van der Waals surface area contributed by atoms with Crippen LogP contribution in [0, 0.1) is 0 Å². The summed E-state index contributed by atoms with van der Waals surface area (Å²) >= 11 is 0. The number of hydrogen-bond acceptors (Lipinski definition) is 3. The van der Waals surface area contributed by atoms with Crippen LogP contribution in [0.15, 0.2) is 42.5 Å². The summed E-state index contributed by atoms with van der Waals surface area (Å²) in [7, 11) is 0. The van der Waals surface area contributed by atoms with Gasteiger partial charge in [0.15, 0.2) is 5.79 Å². The Labute approximate surface area is 124 Å². The number of rotatable bonds is 1. The van der Waals surface area contributed by atoms with E-state index < -0.39 is 11.9 Å². The molecule has 1 saturated heterocycles. The smallest absolute Gasteiger partial charge is 0.163 e. The van der Waals surface area contributed by atoms with Crippen LogP contribution >= 0.6 is 0 Å². The molecule has 4 atom stereocenters. The van der Waals surface area contributed by atoms with E-state index in [-0.39, 0.29) is 18.1 Å². The van der Waals surface area contributed by atoms with E-state index in [0.29, 0.717) is 6.42 Å². The summed E-state index contributed by atoms with van der Waals surface area (Å²) in [6.45, 7) is 3.82. The fraction of sp³-hybridized carbons (Fsp3) is 0.444. The minimum absolute atomic E-state index is 0.0591. The van der Waals surface area contributed by atoms with Crippen molar-refractivity contribution in [2.24, 2.45) is 0 Å². The third-order valence-corrected chi connectivity index (χ3v) is 4.64. The molecule has 2 aromatic carbocycles. The first-order chi connectivity index (χ1) is 10.0. The van der Waals surface area contributed by atoms with Gasteiger partial charge >= 0.3 is 0 Å². The summed E-state index contributed by atoms with van der Waals surface area (Å²) in [5.41, 5.74) is 1.22. The lowest BCUT2D eigenvalue weighted by molar-refractivity contribution is -0.163. The number of fused-ring (bicyclic) bond motifs is 2. The highest BCUT2D eigenvalue weighted by Crippen LogP contribution is 2.46. The minimum Gasteiger partial charge on any atom is -0.390 e. The topological polar surface area (TPSA) is 38.7 Å². The molecule has 1 aliphatic carbocycles. The average molecular weight is 284 g/mol. The molecule has 3 nitrogen and oxygen atoms in total. The van der Waals surface area contributed by atoms with Crippen LogP contribution in [0.1, 0.15) is 31.7 Å². The first-order valence-electron chi connectivity index (χ1n) is 7.56. The molecule has 21 heavy (non-hydrogen) atoms. The Hall–Kier alpha value is -1.42. The second-order valence-electron chi connectivity index (χ2n) is 6.58. The van der Waals surface area contributed by atoms with Crippen molar-refractivity contribution in [3.63, 3.8) is 0 Å². The van der Waals surface area contributed by atoms with E-state index in [9.17, 15) is 5.11 Å². The number of hydrogen-bond donors (Lipinski definition) is 1. The van der Waals surface area contributed by atoms with Gasteiger partial charge in [0.1, 0.15) is 6.10 Å². The van der Waals surface area contributed by atoms with Crippen LogP contribution in [0.5, 0.6) is 0 Å². The molecule has 4 rings (SSSR count). The van der Waals surface area contributed by atoms with Crippen molar-refractivity contribution in [1.29, 1.82) is 0 Å². The largest absolute Gasteiger partial charge is 0.390 e. The van der Waals surface area contributed by atoms with Gasteiger partial charge in [-0.15, -0.1) is 0 Å². The monoisotopic (exact) mass is 284 g/mol. The molecule has 0 aromatic heterocycles. The summed E-state index contributed by atoms with van der Waals surface area (Å²) < 4.78 is 11.9. The number of aliphatic hydroxyl groups is 1.